The molecular formula is C22H27N3O4. The van der Waals surface area contributed by atoms with Crippen molar-refractivity contribution in [3.63, 3.8) is 0 Å². The van der Waals surface area contributed by atoms with Crippen molar-refractivity contribution in [3.05, 3.63) is 30.3 Å². The highest BCUT2D eigenvalue weighted by Crippen LogP contribution is 2.59. The number of pyridine rings is 1. The molecule has 0 bridgehead atoms. The van der Waals surface area contributed by atoms with Crippen LogP contribution in [0.15, 0.2) is 28.9 Å². The van der Waals surface area contributed by atoms with Gasteiger partial charge in [0, 0.05) is 43.1 Å². The number of nitrogens with zero attached hydrogens (tertiary/aromatic N) is 2. The van der Waals surface area contributed by atoms with Gasteiger partial charge in [-0.25, -0.2) is 0 Å². The van der Waals surface area contributed by atoms with Crippen molar-refractivity contribution in [3.8, 4) is 0 Å². The third kappa shape index (κ3) is 3.52. The number of piperidine rings is 1. The second kappa shape index (κ2) is 6.83. The van der Waals surface area contributed by atoms with E-state index in [1.807, 2.05) is 11.0 Å². The number of carbonyl (C=O) groups excluding carboxylic acids is 2. The highest BCUT2D eigenvalue weighted by molar-refractivity contribution is 5.95. The van der Waals surface area contributed by atoms with Crippen LogP contribution < -0.4 is 5.32 Å². The number of ether oxygens (including phenoxy) is 1. The molecule has 154 valence electrons. The quantitative estimate of drug-likeness (QED) is 0.838. The van der Waals surface area contributed by atoms with E-state index in [-0.39, 0.29) is 17.2 Å². The summed E-state index contributed by atoms with van der Waals surface area (Å²) in [5.74, 6) is 0.909. The molecule has 29 heavy (non-hydrogen) atoms. The van der Waals surface area contributed by atoms with Gasteiger partial charge in [0.15, 0.2) is 11.3 Å². The van der Waals surface area contributed by atoms with Crippen LogP contribution >= 0.6 is 0 Å². The Hall–Kier alpha value is -2.41. The van der Waals surface area contributed by atoms with Crippen molar-refractivity contribution in [2.45, 2.75) is 32.6 Å². The van der Waals surface area contributed by atoms with Crippen LogP contribution in [0.4, 0.5) is 0 Å². The number of hydrogen-bond acceptors (Lipinski definition) is 5. The maximum absolute atomic E-state index is 12.6. The zero-order valence-corrected chi connectivity index (χ0v) is 16.8. The molecule has 5 rings (SSSR count). The fraction of sp³-hybridized carbons (Fsp3) is 0.591. The molecular weight excluding hydrogens is 370 g/mol. The minimum Gasteiger partial charge on any atom is -0.449 e. The molecule has 1 unspecified atom stereocenters. The Morgan fingerprint density at radius 3 is 2.79 bits per heavy atom. The number of nitrogens with one attached hydrogen (secondary N) is 1. The predicted octanol–water partition coefficient (Wildman–Crippen LogP) is 2.61. The number of carbonyl (C=O) groups is 2. The average Bonchev–Trinajstić information content (AvgIpc) is 3.17. The van der Waals surface area contributed by atoms with Crippen LogP contribution in [0.3, 0.4) is 0 Å². The van der Waals surface area contributed by atoms with Crippen LogP contribution in [0.2, 0.25) is 0 Å². The lowest BCUT2D eigenvalue weighted by molar-refractivity contribution is -0.149. The van der Waals surface area contributed by atoms with E-state index in [1.165, 1.54) is 0 Å². The van der Waals surface area contributed by atoms with E-state index in [0.717, 1.165) is 37.7 Å². The largest absolute Gasteiger partial charge is 0.449 e. The first-order valence-electron chi connectivity index (χ1n) is 10.4. The maximum Gasteiger partial charge on any atom is 0.287 e. The van der Waals surface area contributed by atoms with Gasteiger partial charge in [0.05, 0.1) is 19.4 Å². The minimum atomic E-state index is -0.174. The van der Waals surface area contributed by atoms with Crippen molar-refractivity contribution < 1.29 is 18.7 Å². The third-order valence-electron chi connectivity index (χ3n) is 7.01. The molecule has 1 N–H and O–H groups in total. The molecule has 2 aromatic rings. The Bertz CT molecular complexity index is 907. The number of aromatic nitrogens is 1. The molecule has 2 amide bonds. The maximum atomic E-state index is 12.6. The summed E-state index contributed by atoms with van der Waals surface area (Å²) < 4.78 is 10.8. The zero-order chi connectivity index (χ0) is 20.1. The number of likely N-dealkylation sites (tertiary alicyclic amines) is 1. The molecule has 1 saturated carbocycles. The Morgan fingerprint density at radius 2 is 2.10 bits per heavy atom. The first-order chi connectivity index (χ1) is 14.0. The Balaban J connectivity index is 1.10. The second-order valence-electron chi connectivity index (χ2n) is 9.36. The minimum absolute atomic E-state index is 0.0331. The van der Waals surface area contributed by atoms with E-state index in [9.17, 15) is 9.59 Å². The molecule has 7 nitrogen and oxygen atoms in total. The zero-order valence-electron chi connectivity index (χ0n) is 16.8. The van der Waals surface area contributed by atoms with Crippen LogP contribution in [-0.2, 0) is 9.53 Å². The van der Waals surface area contributed by atoms with Crippen LogP contribution in [0.5, 0.6) is 0 Å². The summed E-state index contributed by atoms with van der Waals surface area (Å²) in [5.41, 5.74) is 0.955. The molecule has 0 aromatic carbocycles. The summed E-state index contributed by atoms with van der Waals surface area (Å²) in [7, 11) is 0. The molecule has 1 atom stereocenters. The van der Waals surface area contributed by atoms with Crippen molar-refractivity contribution in [2.24, 2.45) is 16.7 Å². The van der Waals surface area contributed by atoms with E-state index in [1.54, 1.807) is 18.5 Å². The highest BCUT2D eigenvalue weighted by atomic mass is 16.5. The van der Waals surface area contributed by atoms with Gasteiger partial charge in [-0.3, -0.25) is 14.6 Å². The van der Waals surface area contributed by atoms with Gasteiger partial charge >= 0.3 is 0 Å². The lowest BCUT2D eigenvalue weighted by atomic mass is 9.83. The van der Waals surface area contributed by atoms with Gasteiger partial charge in [0.25, 0.3) is 5.91 Å². The van der Waals surface area contributed by atoms with Crippen molar-refractivity contribution in [1.82, 2.24) is 15.2 Å². The summed E-state index contributed by atoms with van der Waals surface area (Å²) in [5, 5.41) is 3.91. The summed E-state index contributed by atoms with van der Waals surface area (Å²) >= 11 is 0. The second-order valence-corrected chi connectivity index (χ2v) is 9.36. The molecule has 2 saturated heterocycles. The van der Waals surface area contributed by atoms with E-state index in [0.29, 0.717) is 48.9 Å². The first-order valence-corrected chi connectivity index (χ1v) is 10.4. The molecule has 2 aromatic heterocycles. The van der Waals surface area contributed by atoms with Gasteiger partial charge < -0.3 is 19.4 Å². The monoisotopic (exact) mass is 397 g/mol. The topological polar surface area (TPSA) is 84.7 Å². The van der Waals surface area contributed by atoms with E-state index >= 15 is 0 Å². The SMILES string of the molecule is CC1(CC(=O)N2CCC3(CC2)CC3CNC(=O)c2cc3ccncc3o2)COC1. The Labute approximate surface area is 169 Å². The van der Waals surface area contributed by atoms with Crippen molar-refractivity contribution >= 4 is 22.8 Å². The van der Waals surface area contributed by atoms with Crippen LogP contribution in [-0.4, -0.2) is 54.5 Å². The van der Waals surface area contributed by atoms with Gasteiger partial charge in [-0.05, 0) is 42.7 Å². The molecule has 2 aliphatic heterocycles. The fourth-order valence-electron chi connectivity index (χ4n) is 4.86. The van der Waals surface area contributed by atoms with Crippen LogP contribution in [0.25, 0.3) is 11.0 Å². The van der Waals surface area contributed by atoms with Gasteiger partial charge in [0.1, 0.15) is 0 Å². The van der Waals surface area contributed by atoms with E-state index in [2.05, 4.69) is 17.2 Å². The molecule has 4 heterocycles. The summed E-state index contributed by atoms with van der Waals surface area (Å²) in [6, 6.07) is 3.59. The predicted molar refractivity (Wildman–Crippen MR) is 106 cm³/mol. The number of rotatable bonds is 5. The molecule has 3 fully saturated rings. The molecule has 1 spiro atoms. The standard InChI is InChI=1S/C22H27N3O4/c1-21(13-28-14-21)10-19(26)25-6-3-22(4-7-25)9-16(22)11-24-20(27)17-8-15-2-5-23-12-18(15)29-17/h2,5,8,12,16H,3-4,6-7,9-11,13-14H2,1H3,(H,24,27). The lowest BCUT2D eigenvalue weighted by Gasteiger charge is -2.40. The van der Waals surface area contributed by atoms with Gasteiger partial charge in [-0.1, -0.05) is 6.92 Å². The van der Waals surface area contributed by atoms with Crippen molar-refractivity contribution in [2.75, 3.05) is 32.8 Å². The average molecular weight is 397 g/mol. The van der Waals surface area contributed by atoms with E-state index in [4.69, 9.17) is 9.15 Å². The molecule has 0 radical (unpaired) electrons. The van der Waals surface area contributed by atoms with Crippen molar-refractivity contribution in [1.29, 1.82) is 0 Å². The summed E-state index contributed by atoms with van der Waals surface area (Å²) in [4.78, 5) is 31.0. The number of amides is 2. The first kappa shape index (κ1) is 18.6. The number of hydrogen-bond donors (Lipinski definition) is 1. The van der Waals surface area contributed by atoms with Gasteiger partial charge in [0.2, 0.25) is 5.91 Å². The van der Waals surface area contributed by atoms with Crippen LogP contribution in [0, 0.1) is 16.7 Å². The van der Waals surface area contributed by atoms with Gasteiger partial charge in [-0.15, -0.1) is 0 Å². The Morgan fingerprint density at radius 1 is 1.31 bits per heavy atom. The van der Waals surface area contributed by atoms with E-state index < -0.39 is 0 Å². The fourth-order valence-corrected chi connectivity index (χ4v) is 4.86. The molecule has 3 aliphatic rings. The Kier molecular flexibility index (Phi) is 4.38. The smallest absolute Gasteiger partial charge is 0.287 e. The third-order valence-corrected chi connectivity index (χ3v) is 7.01. The number of furan rings is 1. The molecule has 1 aliphatic carbocycles. The highest BCUT2D eigenvalue weighted by Gasteiger charge is 2.55. The normalized spacial score (nSPS) is 24.3. The molecule has 7 heteroatoms. The van der Waals surface area contributed by atoms with Crippen LogP contribution in [0.1, 0.15) is 43.2 Å². The summed E-state index contributed by atoms with van der Waals surface area (Å²) in [6.07, 6.45) is 7.09. The summed E-state index contributed by atoms with van der Waals surface area (Å²) in [6.45, 7) is 5.84. The van der Waals surface area contributed by atoms with Gasteiger partial charge in [-0.2, -0.15) is 0 Å². The number of fused-ring (bicyclic) bond motifs is 1. The lowest BCUT2D eigenvalue weighted by Crippen LogP contribution is -2.47.